The van der Waals surface area contributed by atoms with Crippen molar-refractivity contribution >= 4 is 0 Å². The second-order valence-electron chi connectivity index (χ2n) is 5.82. The van der Waals surface area contributed by atoms with Crippen molar-refractivity contribution in [3.8, 4) is 5.75 Å². The topological polar surface area (TPSA) is 34.2 Å². The summed E-state index contributed by atoms with van der Waals surface area (Å²) in [5.41, 5.74) is 1.50. The molecular weight excluding hydrogens is 224 g/mol. The monoisotopic (exact) mass is 250 g/mol. The molecule has 0 radical (unpaired) electrons. The van der Waals surface area contributed by atoms with Gasteiger partial charge in [-0.25, -0.2) is 0 Å². The summed E-state index contributed by atoms with van der Waals surface area (Å²) in [5, 5.41) is 3.39. The summed E-state index contributed by atoms with van der Waals surface area (Å²) in [6.07, 6.45) is 5.82. The number of rotatable bonds is 7. The van der Waals surface area contributed by atoms with E-state index in [1.807, 2.05) is 18.5 Å². The van der Waals surface area contributed by atoms with Gasteiger partial charge in [0.05, 0.1) is 12.8 Å². The first-order chi connectivity index (χ1) is 8.53. The lowest BCUT2D eigenvalue weighted by Gasteiger charge is -2.19. The first kappa shape index (κ1) is 15.0. The predicted octanol–water partition coefficient (Wildman–Crippen LogP) is 3.40. The molecule has 0 bridgehead atoms. The smallest absolute Gasteiger partial charge is 0.142 e. The lowest BCUT2D eigenvalue weighted by atomic mass is 9.93. The van der Waals surface area contributed by atoms with Crippen LogP contribution in [0.5, 0.6) is 5.75 Å². The number of aromatic nitrogens is 1. The fourth-order valence-corrected chi connectivity index (χ4v) is 1.55. The molecule has 0 amide bonds. The second kappa shape index (κ2) is 7.37. The van der Waals surface area contributed by atoms with Crippen molar-refractivity contribution in [2.24, 2.45) is 5.41 Å². The minimum Gasteiger partial charge on any atom is -0.492 e. The molecule has 0 aromatic carbocycles. The van der Waals surface area contributed by atoms with E-state index in [2.05, 4.69) is 38.0 Å². The van der Waals surface area contributed by atoms with Crippen LogP contribution >= 0.6 is 0 Å². The van der Waals surface area contributed by atoms with Gasteiger partial charge in [0.1, 0.15) is 5.75 Å². The van der Waals surface area contributed by atoms with Crippen molar-refractivity contribution in [2.75, 3.05) is 13.2 Å². The molecule has 1 aromatic heterocycles. The van der Waals surface area contributed by atoms with E-state index in [0.29, 0.717) is 5.41 Å². The van der Waals surface area contributed by atoms with Crippen molar-refractivity contribution in [1.82, 2.24) is 10.3 Å². The maximum Gasteiger partial charge on any atom is 0.142 e. The summed E-state index contributed by atoms with van der Waals surface area (Å²) in [7, 11) is 0. The maximum absolute atomic E-state index is 5.84. The molecular formula is C15H26N2O. The van der Waals surface area contributed by atoms with Crippen molar-refractivity contribution in [3.05, 3.63) is 24.0 Å². The van der Waals surface area contributed by atoms with Gasteiger partial charge in [0.25, 0.3) is 0 Å². The first-order valence-electron chi connectivity index (χ1n) is 6.79. The Kier molecular flexibility index (Phi) is 6.13. The van der Waals surface area contributed by atoms with Gasteiger partial charge in [-0.05, 0) is 30.9 Å². The molecule has 1 heterocycles. The molecule has 1 aromatic rings. The Morgan fingerprint density at radius 2 is 2.11 bits per heavy atom. The molecule has 102 valence electrons. The highest BCUT2D eigenvalue weighted by molar-refractivity contribution is 5.29. The van der Waals surface area contributed by atoms with Crippen LogP contribution in [0.1, 0.15) is 46.1 Å². The molecule has 1 rings (SSSR count). The second-order valence-corrected chi connectivity index (χ2v) is 5.82. The highest BCUT2D eigenvalue weighted by Crippen LogP contribution is 2.21. The molecule has 0 fully saturated rings. The van der Waals surface area contributed by atoms with Crippen LogP contribution in [0.15, 0.2) is 18.5 Å². The van der Waals surface area contributed by atoms with E-state index in [1.165, 1.54) is 5.56 Å². The summed E-state index contributed by atoms with van der Waals surface area (Å²) in [6, 6.07) is 2.02. The predicted molar refractivity (Wildman–Crippen MR) is 75.8 cm³/mol. The third-order valence-corrected chi connectivity index (χ3v) is 2.72. The number of nitrogens with one attached hydrogen (secondary N) is 1. The molecule has 0 atom stereocenters. The Labute approximate surface area is 111 Å². The Morgan fingerprint density at radius 3 is 2.78 bits per heavy atom. The average molecular weight is 250 g/mol. The molecule has 0 spiro atoms. The van der Waals surface area contributed by atoms with Crippen LogP contribution in [0.25, 0.3) is 0 Å². The van der Waals surface area contributed by atoms with Crippen LogP contribution in [-0.2, 0) is 6.54 Å². The van der Waals surface area contributed by atoms with Gasteiger partial charge in [0.15, 0.2) is 0 Å². The Hall–Kier alpha value is -1.09. The van der Waals surface area contributed by atoms with Crippen LogP contribution in [-0.4, -0.2) is 18.1 Å². The Bertz CT molecular complexity index is 345. The molecule has 3 nitrogen and oxygen atoms in total. The minimum atomic E-state index is 0.308. The molecule has 0 saturated carbocycles. The van der Waals surface area contributed by atoms with Gasteiger partial charge >= 0.3 is 0 Å². The quantitative estimate of drug-likeness (QED) is 0.753. The van der Waals surface area contributed by atoms with E-state index in [1.54, 1.807) is 0 Å². The van der Waals surface area contributed by atoms with Gasteiger partial charge in [-0.1, -0.05) is 27.7 Å². The summed E-state index contributed by atoms with van der Waals surface area (Å²) in [5.74, 6) is 0.908. The molecule has 3 heteroatoms. The van der Waals surface area contributed by atoms with Gasteiger partial charge in [-0.2, -0.15) is 0 Å². The minimum absolute atomic E-state index is 0.308. The third-order valence-electron chi connectivity index (χ3n) is 2.72. The van der Waals surface area contributed by atoms with Gasteiger partial charge in [-0.15, -0.1) is 0 Å². The highest BCUT2D eigenvalue weighted by atomic mass is 16.5. The largest absolute Gasteiger partial charge is 0.492 e. The van der Waals surface area contributed by atoms with Crippen molar-refractivity contribution in [3.63, 3.8) is 0 Å². The fourth-order valence-electron chi connectivity index (χ4n) is 1.55. The summed E-state index contributed by atoms with van der Waals surface area (Å²) < 4.78 is 5.84. The average Bonchev–Trinajstić information content (AvgIpc) is 2.30. The molecule has 0 aliphatic rings. The lowest BCUT2D eigenvalue weighted by molar-refractivity contribution is 0.240. The fraction of sp³-hybridized carbons (Fsp3) is 0.667. The Balaban J connectivity index is 2.48. The van der Waals surface area contributed by atoms with Crippen LogP contribution in [0.2, 0.25) is 0 Å². The number of hydrogen-bond donors (Lipinski definition) is 1. The van der Waals surface area contributed by atoms with Crippen LogP contribution < -0.4 is 10.1 Å². The van der Waals surface area contributed by atoms with E-state index in [4.69, 9.17) is 4.74 Å². The SMILES string of the molecule is CCCNCc1ccncc1OCCC(C)(C)C. The number of nitrogens with zero attached hydrogens (tertiary/aromatic N) is 1. The zero-order chi connectivity index (χ0) is 13.4. The van der Waals surface area contributed by atoms with E-state index in [-0.39, 0.29) is 0 Å². The number of ether oxygens (including phenoxy) is 1. The van der Waals surface area contributed by atoms with Crippen LogP contribution in [0, 0.1) is 5.41 Å². The zero-order valence-electron chi connectivity index (χ0n) is 12.1. The Morgan fingerprint density at radius 1 is 1.33 bits per heavy atom. The van der Waals surface area contributed by atoms with E-state index in [9.17, 15) is 0 Å². The van der Waals surface area contributed by atoms with Crippen LogP contribution in [0.4, 0.5) is 0 Å². The number of hydrogen-bond acceptors (Lipinski definition) is 3. The van der Waals surface area contributed by atoms with E-state index in [0.717, 1.165) is 38.3 Å². The van der Waals surface area contributed by atoms with Gasteiger partial charge < -0.3 is 10.1 Å². The lowest BCUT2D eigenvalue weighted by Crippen LogP contribution is -2.16. The van der Waals surface area contributed by atoms with Crippen molar-refractivity contribution in [1.29, 1.82) is 0 Å². The number of pyridine rings is 1. The van der Waals surface area contributed by atoms with Crippen LogP contribution in [0.3, 0.4) is 0 Å². The molecule has 0 aliphatic carbocycles. The third kappa shape index (κ3) is 6.01. The molecule has 1 N–H and O–H groups in total. The molecule has 0 unspecified atom stereocenters. The van der Waals surface area contributed by atoms with Crippen molar-refractivity contribution in [2.45, 2.75) is 47.1 Å². The zero-order valence-corrected chi connectivity index (χ0v) is 12.1. The molecule has 0 aliphatic heterocycles. The molecule has 0 saturated heterocycles. The standard InChI is InChI=1S/C15H26N2O/c1-5-8-16-11-13-6-9-17-12-14(13)18-10-7-15(2,3)4/h6,9,12,16H,5,7-8,10-11H2,1-4H3. The first-order valence-corrected chi connectivity index (χ1v) is 6.79. The summed E-state index contributed by atoms with van der Waals surface area (Å²) in [6.45, 7) is 11.5. The normalized spacial score (nSPS) is 11.6. The van der Waals surface area contributed by atoms with E-state index < -0.39 is 0 Å². The summed E-state index contributed by atoms with van der Waals surface area (Å²) in [4.78, 5) is 4.14. The molecule has 18 heavy (non-hydrogen) atoms. The summed E-state index contributed by atoms with van der Waals surface area (Å²) >= 11 is 0. The highest BCUT2D eigenvalue weighted by Gasteiger charge is 2.11. The van der Waals surface area contributed by atoms with Gasteiger partial charge in [-0.3, -0.25) is 4.98 Å². The van der Waals surface area contributed by atoms with Crippen molar-refractivity contribution < 1.29 is 4.74 Å². The van der Waals surface area contributed by atoms with E-state index >= 15 is 0 Å². The van der Waals surface area contributed by atoms with Gasteiger partial charge in [0, 0.05) is 18.3 Å². The maximum atomic E-state index is 5.84. The van der Waals surface area contributed by atoms with Gasteiger partial charge in [0.2, 0.25) is 0 Å².